The van der Waals surface area contributed by atoms with E-state index in [4.69, 9.17) is 11.6 Å². The van der Waals surface area contributed by atoms with Gasteiger partial charge in [0.1, 0.15) is 0 Å². The fourth-order valence-electron chi connectivity index (χ4n) is 3.18. The van der Waals surface area contributed by atoms with Crippen molar-refractivity contribution in [1.29, 1.82) is 0 Å². The van der Waals surface area contributed by atoms with Gasteiger partial charge in [0.15, 0.2) is 0 Å². The van der Waals surface area contributed by atoms with Crippen molar-refractivity contribution in [3.63, 3.8) is 0 Å². The number of rotatable bonds is 8. The van der Waals surface area contributed by atoms with E-state index in [2.05, 4.69) is 12.2 Å². The van der Waals surface area contributed by atoms with Crippen LogP contribution in [-0.2, 0) is 11.3 Å². The molecule has 0 heterocycles. The van der Waals surface area contributed by atoms with Crippen molar-refractivity contribution in [2.24, 2.45) is 5.92 Å². The second-order valence-electron chi connectivity index (χ2n) is 7.59. The van der Waals surface area contributed by atoms with Gasteiger partial charge in [-0.2, -0.15) is 0 Å². The highest BCUT2D eigenvalue weighted by Crippen LogP contribution is 2.26. The zero-order valence-electron chi connectivity index (χ0n) is 17.8. The Hall–Kier alpha value is -2.53. The molecule has 0 aromatic heterocycles. The lowest BCUT2D eigenvalue weighted by Gasteiger charge is -2.27. The van der Waals surface area contributed by atoms with E-state index in [0.717, 1.165) is 17.7 Å². The first-order chi connectivity index (χ1) is 13.7. The number of nitrogens with one attached hydrogen (secondary N) is 1. The maximum atomic E-state index is 12.6. The normalized spacial score (nSPS) is 10.7. The molecule has 1 N–H and O–H groups in total. The lowest BCUT2D eigenvalue weighted by Crippen LogP contribution is -2.34. The third-order valence-corrected chi connectivity index (χ3v) is 4.93. The topological polar surface area (TPSA) is 52.7 Å². The molecule has 0 aliphatic rings. The smallest absolute Gasteiger partial charge is 0.257 e. The van der Waals surface area contributed by atoms with Gasteiger partial charge in [-0.3, -0.25) is 9.59 Å². The molecule has 0 saturated heterocycles. The van der Waals surface area contributed by atoms with E-state index in [1.807, 2.05) is 55.9 Å². The molecule has 0 radical (unpaired) electrons. The molecule has 156 valence electrons. The van der Waals surface area contributed by atoms with Crippen LogP contribution in [0.15, 0.2) is 42.5 Å². The summed E-state index contributed by atoms with van der Waals surface area (Å²) in [5.74, 6) is -0.197. The molecule has 2 rings (SSSR count). The van der Waals surface area contributed by atoms with Crippen molar-refractivity contribution in [3.05, 3.63) is 58.6 Å². The number of benzene rings is 2. The molecule has 0 saturated carbocycles. The van der Waals surface area contributed by atoms with E-state index < -0.39 is 0 Å². The van der Waals surface area contributed by atoms with Crippen molar-refractivity contribution >= 4 is 34.8 Å². The van der Waals surface area contributed by atoms with Crippen LogP contribution in [0.5, 0.6) is 0 Å². The zero-order chi connectivity index (χ0) is 21.6. The van der Waals surface area contributed by atoms with Gasteiger partial charge in [-0.15, -0.1) is 0 Å². The Balaban J connectivity index is 2.32. The van der Waals surface area contributed by atoms with Crippen LogP contribution in [0.2, 0.25) is 5.02 Å². The number of halogens is 1. The van der Waals surface area contributed by atoms with Crippen LogP contribution in [0.4, 0.5) is 11.4 Å². The van der Waals surface area contributed by atoms with Crippen molar-refractivity contribution < 1.29 is 9.59 Å². The Labute approximate surface area is 178 Å². The lowest BCUT2D eigenvalue weighted by atomic mass is 10.1. The Kier molecular flexibility index (Phi) is 8.09. The number of anilines is 2. The minimum atomic E-state index is -0.261. The summed E-state index contributed by atoms with van der Waals surface area (Å²) in [5.41, 5.74) is 3.09. The Bertz CT molecular complexity index is 865. The summed E-state index contributed by atoms with van der Waals surface area (Å²) in [7, 11) is 3.94. The number of hydrogen-bond acceptors (Lipinski definition) is 3. The van der Waals surface area contributed by atoms with Gasteiger partial charge in [0.05, 0.1) is 10.6 Å². The first-order valence-electron chi connectivity index (χ1n) is 9.89. The van der Waals surface area contributed by atoms with Crippen LogP contribution in [0.25, 0.3) is 0 Å². The molecule has 0 unspecified atom stereocenters. The molecule has 0 aliphatic heterocycles. The molecular weight excluding hydrogens is 386 g/mol. The van der Waals surface area contributed by atoms with Crippen LogP contribution in [-0.4, -0.2) is 37.4 Å². The summed E-state index contributed by atoms with van der Waals surface area (Å²) in [5, 5.41) is 3.33. The predicted molar refractivity (Wildman–Crippen MR) is 121 cm³/mol. The number of amides is 2. The summed E-state index contributed by atoms with van der Waals surface area (Å²) in [4.78, 5) is 29.1. The van der Waals surface area contributed by atoms with Crippen molar-refractivity contribution in [3.8, 4) is 0 Å². The number of carbonyl (C=O) groups excluding carboxylic acids is 2. The Morgan fingerprint density at radius 1 is 1.10 bits per heavy atom. The molecule has 2 aromatic carbocycles. The molecule has 0 aliphatic carbocycles. The molecular formula is C23H30ClN3O2. The first kappa shape index (κ1) is 22.8. The summed E-state index contributed by atoms with van der Waals surface area (Å²) >= 11 is 6.14. The average molecular weight is 416 g/mol. The molecule has 0 bridgehead atoms. The van der Waals surface area contributed by atoms with E-state index in [9.17, 15) is 9.59 Å². The number of carbonyl (C=O) groups is 2. The monoisotopic (exact) mass is 415 g/mol. The molecule has 2 aromatic rings. The molecule has 6 heteroatoms. The first-order valence-corrected chi connectivity index (χ1v) is 10.3. The summed E-state index contributed by atoms with van der Waals surface area (Å²) < 4.78 is 0. The van der Waals surface area contributed by atoms with Crippen LogP contribution in [0, 0.1) is 5.92 Å². The summed E-state index contributed by atoms with van der Waals surface area (Å²) in [6, 6.07) is 12.7. The molecule has 5 nitrogen and oxygen atoms in total. The SMILES string of the molecule is CCCN(Cc1cc(NC(=O)c2ccccc2Cl)ccc1N(C)C)C(=O)C(C)C. The Morgan fingerprint density at radius 3 is 2.38 bits per heavy atom. The largest absolute Gasteiger partial charge is 0.377 e. The highest BCUT2D eigenvalue weighted by molar-refractivity contribution is 6.34. The van der Waals surface area contributed by atoms with Crippen LogP contribution in [0.1, 0.15) is 43.1 Å². The van der Waals surface area contributed by atoms with Crippen molar-refractivity contribution in [2.45, 2.75) is 33.7 Å². The molecule has 0 atom stereocenters. The predicted octanol–water partition coefficient (Wildman–Crippen LogP) is 5.05. The highest BCUT2D eigenvalue weighted by Gasteiger charge is 2.19. The van der Waals surface area contributed by atoms with E-state index in [-0.39, 0.29) is 17.7 Å². The van der Waals surface area contributed by atoms with Gasteiger partial charge in [-0.1, -0.05) is 44.5 Å². The van der Waals surface area contributed by atoms with Gasteiger partial charge >= 0.3 is 0 Å². The van der Waals surface area contributed by atoms with E-state index >= 15 is 0 Å². The second-order valence-corrected chi connectivity index (χ2v) is 7.99. The third kappa shape index (κ3) is 5.97. The zero-order valence-corrected chi connectivity index (χ0v) is 18.6. The van der Waals surface area contributed by atoms with Gasteiger partial charge in [0, 0.05) is 44.5 Å². The minimum absolute atomic E-state index is 0.0625. The molecule has 0 fully saturated rings. The Morgan fingerprint density at radius 2 is 1.79 bits per heavy atom. The maximum Gasteiger partial charge on any atom is 0.257 e. The van der Waals surface area contributed by atoms with E-state index in [1.165, 1.54) is 0 Å². The van der Waals surface area contributed by atoms with Gasteiger partial charge in [0.2, 0.25) is 5.91 Å². The standard InChI is InChI=1S/C23H30ClN3O2/c1-6-13-27(23(29)16(2)3)15-17-14-18(11-12-21(17)26(4)5)25-22(28)19-9-7-8-10-20(19)24/h7-12,14,16H,6,13,15H2,1-5H3,(H,25,28). The van der Waals surface area contributed by atoms with Crippen LogP contribution < -0.4 is 10.2 Å². The van der Waals surface area contributed by atoms with Crippen LogP contribution >= 0.6 is 11.6 Å². The minimum Gasteiger partial charge on any atom is -0.377 e. The van der Waals surface area contributed by atoms with Gasteiger partial charge in [-0.05, 0) is 42.3 Å². The fourth-order valence-corrected chi connectivity index (χ4v) is 3.40. The molecule has 0 spiro atoms. The van der Waals surface area contributed by atoms with Gasteiger partial charge < -0.3 is 15.1 Å². The van der Waals surface area contributed by atoms with E-state index in [0.29, 0.717) is 29.4 Å². The fraction of sp³-hybridized carbons (Fsp3) is 0.391. The summed E-state index contributed by atoms with van der Waals surface area (Å²) in [6.07, 6.45) is 0.888. The second kappa shape index (κ2) is 10.3. The third-order valence-electron chi connectivity index (χ3n) is 4.60. The van der Waals surface area contributed by atoms with Gasteiger partial charge in [-0.25, -0.2) is 0 Å². The average Bonchev–Trinajstić information content (AvgIpc) is 2.67. The summed E-state index contributed by atoms with van der Waals surface area (Å²) in [6.45, 7) is 7.08. The number of nitrogens with zero attached hydrogens (tertiary/aromatic N) is 2. The number of hydrogen-bond donors (Lipinski definition) is 1. The highest BCUT2D eigenvalue weighted by atomic mass is 35.5. The van der Waals surface area contributed by atoms with Crippen molar-refractivity contribution in [1.82, 2.24) is 4.90 Å². The van der Waals surface area contributed by atoms with E-state index in [1.54, 1.807) is 24.3 Å². The lowest BCUT2D eigenvalue weighted by molar-refractivity contribution is -0.135. The molecule has 2 amide bonds. The quantitative estimate of drug-likeness (QED) is 0.656. The maximum absolute atomic E-state index is 12.6. The van der Waals surface area contributed by atoms with Crippen molar-refractivity contribution in [2.75, 3.05) is 30.9 Å². The molecule has 29 heavy (non-hydrogen) atoms. The van der Waals surface area contributed by atoms with Gasteiger partial charge in [0.25, 0.3) is 5.91 Å². The van der Waals surface area contributed by atoms with Crippen LogP contribution in [0.3, 0.4) is 0 Å².